The van der Waals surface area contributed by atoms with E-state index in [0.717, 1.165) is 11.1 Å². The Kier molecular flexibility index (Phi) is 4.76. The molecule has 1 fully saturated rings. The van der Waals surface area contributed by atoms with Crippen LogP contribution in [0.5, 0.6) is 0 Å². The van der Waals surface area contributed by atoms with E-state index in [-0.39, 0.29) is 18.1 Å². The number of nitrogens with zero attached hydrogens (tertiary/aromatic N) is 3. The number of rotatable bonds is 3. The van der Waals surface area contributed by atoms with Crippen LogP contribution in [0.3, 0.4) is 0 Å². The first-order valence-electron chi connectivity index (χ1n) is 8.01. The van der Waals surface area contributed by atoms with Gasteiger partial charge in [-0.05, 0) is 25.0 Å². The van der Waals surface area contributed by atoms with Crippen molar-refractivity contribution in [3.8, 4) is 0 Å². The number of morpholine rings is 1. The number of hydrogen-bond donors (Lipinski definition) is 0. The summed E-state index contributed by atoms with van der Waals surface area (Å²) in [6.45, 7) is 6.56. The number of allylic oxidation sites excluding steroid dienone is 1. The fourth-order valence-electron chi connectivity index (χ4n) is 2.77. The van der Waals surface area contributed by atoms with Crippen LogP contribution >= 0.6 is 0 Å². The third-order valence-electron chi connectivity index (χ3n) is 3.96. The van der Waals surface area contributed by atoms with E-state index in [1.54, 1.807) is 17.9 Å². The van der Waals surface area contributed by atoms with Gasteiger partial charge < -0.3 is 14.1 Å². The van der Waals surface area contributed by atoms with Crippen LogP contribution < -0.4 is 0 Å². The number of aryl methyl sites for hydroxylation is 1. The minimum absolute atomic E-state index is 0.0345. The second-order valence-corrected chi connectivity index (χ2v) is 6.03. The van der Waals surface area contributed by atoms with Crippen molar-refractivity contribution in [2.45, 2.75) is 33.0 Å². The van der Waals surface area contributed by atoms with E-state index in [0.29, 0.717) is 24.9 Å². The molecule has 24 heavy (non-hydrogen) atoms. The maximum absolute atomic E-state index is 12.6. The zero-order valence-corrected chi connectivity index (χ0v) is 14.1. The monoisotopic (exact) mass is 327 g/mol. The first-order chi connectivity index (χ1) is 11.5. The summed E-state index contributed by atoms with van der Waals surface area (Å²) >= 11 is 0. The Balaban J connectivity index is 1.74. The quantitative estimate of drug-likeness (QED) is 0.811. The number of ether oxygens (including phenoxy) is 1. The molecule has 1 aliphatic heterocycles. The van der Waals surface area contributed by atoms with Gasteiger partial charge >= 0.3 is 0 Å². The lowest BCUT2D eigenvalue weighted by molar-refractivity contribution is -0.141. The van der Waals surface area contributed by atoms with Crippen molar-refractivity contribution in [1.29, 1.82) is 0 Å². The zero-order valence-electron chi connectivity index (χ0n) is 14.1. The Morgan fingerprint density at radius 3 is 2.67 bits per heavy atom. The summed E-state index contributed by atoms with van der Waals surface area (Å²) < 4.78 is 11.3. The van der Waals surface area contributed by atoms with Crippen LogP contribution in [0.15, 0.2) is 40.8 Å². The minimum Gasteiger partial charge on any atom is -0.423 e. The van der Waals surface area contributed by atoms with E-state index in [1.165, 1.54) is 0 Å². The normalized spacial score (nSPS) is 21.8. The first-order valence-corrected chi connectivity index (χ1v) is 8.01. The number of carbonyl (C=O) groups excluding carboxylic acids is 1. The SMILES string of the molecule is C/C(=C\C(=O)N1C[C@@H](C)O[C@@H](c2nnc(C)o2)C1)c1ccccc1. The summed E-state index contributed by atoms with van der Waals surface area (Å²) in [6.07, 6.45) is 1.19. The summed E-state index contributed by atoms with van der Waals surface area (Å²) in [7, 11) is 0. The second-order valence-electron chi connectivity index (χ2n) is 6.03. The molecule has 0 spiro atoms. The number of carbonyl (C=O) groups is 1. The molecule has 3 rings (SSSR count). The molecule has 0 bridgehead atoms. The number of hydrogen-bond acceptors (Lipinski definition) is 5. The molecule has 0 radical (unpaired) electrons. The van der Waals surface area contributed by atoms with Crippen molar-refractivity contribution < 1.29 is 13.9 Å². The molecule has 2 atom stereocenters. The molecule has 1 saturated heterocycles. The smallest absolute Gasteiger partial charge is 0.247 e. The molecular formula is C18H21N3O3. The van der Waals surface area contributed by atoms with Crippen molar-refractivity contribution in [3.05, 3.63) is 53.8 Å². The maximum atomic E-state index is 12.6. The van der Waals surface area contributed by atoms with Gasteiger partial charge in [0.25, 0.3) is 0 Å². The van der Waals surface area contributed by atoms with Crippen LogP contribution in [0.25, 0.3) is 5.57 Å². The van der Waals surface area contributed by atoms with Gasteiger partial charge in [0.15, 0.2) is 6.10 Å². The van der Waals surface area contributed by atoms with E-state index >= 15 is 0 Å². The van der Waals surface area contributed by atoms with Crippen molar-refractivity contribution in [3.63, 3.8) is 0 Å². The molecule has 1 amide bonds. The zero-order chi connectivity index (χ0) is 17.1. The molecule has 2 heterocycles. The molecule has 126 valence electrons. The van der Waals surface area contributed by atoms with Gasteiger partial charge in [-0.2, -0.15) is 0 Å². The lowest BCUT2D eigenvalue weighted by Crippen LogP contribution is -2.45. The molecule has 0 N–H and O–H groups in total. The van der Waals surface area contributed by atoms with E-state index < -0.39 is 0 Å². The lowest BCUT2D eigenvalue weighted by atomic mass is 10.1. The van der Waals surface area contributed by atoms with Crippen molar-refractivity contribution in [2.75, 3.05) is 13.1 Å². The molecule has 6 nitrogen and oxygen atoms in total. The topological polar surface area (TPSA) is 68.5 Å². The summed E-state index contributed by atoms with van der Waals surface area (Å²) in [5.74, 6) is 0.873. The average molecular weight is 327 g/mol. The van der Waals surface area contributed by atoms with E-state index in [4.69, 9.17) is 9.15 Å². The molecule has 2 aromatic rings. The maximum Gasteiger partial charge on any atom is 0.247 e. The van der Waals surface area contributed by atoms with Crippen LogP contribution in [0.2, 0.25) is 0 Å². The van der Waals surface area contributed by atoms with Gasteiger partial charge in [0, 0.05) is 19.5 Å². The van der Waals surface area contributed by atoms with Crippen molar-refractivity contribution in [2.24, 2.45) is 0 Å². The fourth-order valence-corrected chi connectivity index (χ4v) is 2.77. The van der Waals surface area contributed by atoms with E-state index in [9.17, 15) is 4.79 Å². The molecule has 1 aromatic carbocycles. The summed E-state index contributed by atoms with van der Waals surface area (Å²) in [5.41, 5.74) is 1.97. The lowest BCUT2D eigenvalue weighted by Gasteiger charge is -2.34. The Hall–Kier alpha value is -2.47. The van der Waals surface area contributed by atoms with Crippen molar-refractivity contribution in [1.82, 2.24) is 15.1 Å². The largest absolute Gasteiger partial charge is 0.423 e. The summed E-state index contributed by atoms with van der Waals surface area (Å²) in [4.78, 5) is 14.4. The molecule has 1 aromatic heterocycles. The van der Waals surface area contributed by atoms with Crippen LogP contribution in [-0.2, 0) is 9.53 Å². The van der Waals surface area contributed by atoms with E-state index in [2.05, 4.69) is 10.2 Å². The molecule has 6 heteroatoms. The van der Waals surface area contributed by atoms with Crippen molar-refractivity contribution >= 4 is 11.5 Å². The van der Waals surface area contributed by atoms with Crippen LogP contribution in [0, 0.1) is 6.92 Å². The first kappa shape index (κ1) is 16.4. The highest BCUT2D eigenvalue weighted by Crippen LogP contribution is 2.25. The Bertz CT molecular complexity index is 739. The Morgan fingerprint density at radius 2 is 2.00 bits per heavy atom. The molecule has 0 saturated carbocycles. The average Bonchev–Trinajstić information content (AvgIpc) is 3.01. The van der Waals surface area contributed by atoms with E-state index in [1.807, 2.05) is 44.2 Å². The molecule has 1 aliphatic rings. The second kappa shape index (κ2) is 6.97. The molecular weight excluding hydrogens is 306 g/mol. The van der Waals surface area contributed by atoms with Gasteiger partial charge in [-0.25, -0.2) is 0 Å². The highest BCUT2D eigenvalue weighted by Gasteiger charge is 2.31. The highest BCUT2D eigenvalue weighted by atomic mass is 16.5. The van der Waals surface area contributed by atoms with Gasteiger partial charge in [-0.15, -0.1) is 10.2 Å². The predicted molar refractivity (Wildman–Crippen MR) is 89.0 cm³/mol. The highest BCUT2D eigenvalue weighted by molar-refractivity contribution is 5.95. The standard InChI is InChI=1S/C18H21N3O3/c1-12(15-7-5-4-6-8-15)9-17(22)21-10-13(2)23-16(11-21)18-20-19-14(3)24-18/h4-9,13,16H,10-11H2,1-3H3/b12-9+/t13-,16-/m1/s1. The third kappa shape index (κ3) is 3.71. The third-order valence-corrected chi connectivity index (χ3v) is 3.96. The Morgan fingerprint density at radius 1 is 1.25 bits per heavy atom. The summed E-state index contributed by atoms with van der Waals surface area (Å²) in [5, 5.41) is 7.84. The number of benzene rings is 1. The van der Waals surface area contributed by atoms with Gasteiger partial charge in [0.2, 0.25) is 17.7 Å². The Labute approximate surface area is 141 Å². The summed E-state index contributed by atoms with van der Waals surface area (Å²) in [6, 6.07) is 9.86. The van der Waals surface area contributed by atoms with Crippen LogP contribution in [0.1, 0.15) is 37.3 Å². The van der Waals surface area contributed by atoms with Crippen LogP contribution in [-0.4, -0.2) is 40.2 Å². The van der Waals surface area contributed by atoms with Gasteiger partial charge in [-0.3, -0.25) is 4.79 Å². The van der Waals surface area contributed by atoms with Gasteiger partial charge in [0.05, 0.1) is 12.6 Å². The molecule has 0 aliphatic carbocycles. The van der Waals surface area contributed by atoms with Gasteiger partial charge in [0.1, 0.15) is 0 Å². The number of aromatic nitrogens is 2. The van der Waals surface area contributed by atoms with Gasteiger partial charge in [-0.1, -0.05) is 30.3 Å². The minimum atomic E-state index is -0.385. The molecule has 0 unspecified atom stereocenters. The number of amides is 1. The predicted octanol–water partition coefficient (Wildman–Crippen LogP) is 2.77. The van der Waals surface area contributed by atoms with Crippen LogP contribution in [0.4, 0.5) is 0 Å². The fraction of sp³-hybridized carbons (Fsp3) is 0.389.